The Morgan fingerprint density at radius 1 is 1.00 bits per heavy atom. The van der Waals surface area contributed by atoms with Crippen molar-refractivity contribution in [1.82, 2.24) is 4.90 Å². The Hall–Kier alpha value is -3.04. The normalized spacial score (nSPS) is 14.1. The Balaban J connectivity index is 2.49. The Labute approximate surface area is 123 Å². The van der Waals surface area contributed by atoms with E-state index in [9.17, 15) is 10.5 Å². The zero-order valence-corrected chi connectivity index (χ0v) is 11.9. The van der Waals surface area contributed by atoms with Gasteiger partial charge in [0, 0.05) is 31.4 Å². The number of hydrogen-bond acceptors (Lipinski definition) is 3. The summed E-state index contributed by atoms with van der Waals surface area (Å²) in [6.45, 7) is 0. The summed E-state index contributed by atoms with van der Waals surface area (Å²) < 4.78 is 0. The third-order valence-electron chi connectivity index (χ3n) is 3.59. The van der Waals surface area contributed by atoms with Gasteiger partial charge in [0.15, 0.2) is 0 Å². The first-order valence-corrected chi connectivity index (χ1v) is 6.63. The van der Waals surface area contributed by atoms with Crippen LogP contribution in [0.5, 0.6) is 0 Å². The van der Waals surface area contributed by atoms with E-state index in [2.05, 4.69) is 12.1 Å². The van der Waals surface area contributed by atoms with E-state index in [0.29, 0.717) is 0 Å². The number of rotatable bonds is 1. The minimum atomic E-state index is 0.159. The molecule has 21 heavy (non-hydrogen) atoms. The van der Waals surface area contributed by atoms with Crippen LogP contribution in [0.4, 0.5) is 0 Å². The molecule has 0 aliphatic heterocycles. The lowest BCUT2D eigenvalue weighted by Crippen LogP contribution is -2.02. The summed E-state index contributed by atoms with van der Waals surface area (Å²) in [5, 5.41) is 20.8. The van der Waals surface area contributed by atoms with Crippen LogP contribution in [0, 0.1) is 22.7 Å². The van der Waals surface area contributed by atoms with Crippen molar-refractivity contribution in [3.05, 3.63) is 59.3 Å². The number of nitriles is 2. The highest BCUT2D eigenvalue weighted by molar-refractivity contribution is 6.23. The highest BCUT2D eigenvalue weighted by Crippen LogP contribution is 2.46. The Kier molecular flexibility index (Phi) is 2.97. The fraction of sp³-hybridized carbons (Fsp3) is 0.111. The number of allylic oxidation sites excluding steroid dienone is 3. The fourth-order valence-electron chi connectivity index (χ4n) is 2.85. The van der Waals surface area contributed by atoms with Crippen LogP contribution in [0.2, 0.25) is 0 Å². The highest BCUT2D eigenvalue weighted by Gasteiger charge is 2.27. The van der Waals surface area contributed by atoms with Gasteiger partial charge < -0.3 is 4.90 Å². The first kappa shape index (κ1) is 13.0. The molecule has 0 saturated heterocycles. The van der Waals surface area contributed by atoms with E-state index >= 15 is 0 Å². The molecule has 1 aliphatic rings. The maximum atomic E-state index is 9.30. The maximum absolute atomic E-state index is 9.30. The average molecular weight is 271 g/mol. The summed E-state index contributed by atoms with van der Waals surface area (Å²) in [5.74, 6) is 0. The summed E-state index contributed by atoms with van der Waals surface area (Å²) in [7, 11) is 3.87. The third kappa shape index (κ3) is 1.88. The minimum absolute atomic E-state index is 0.159. The topological polar surface area (TPSA) is 50.8 Å². The molecule has 3 heteroatoms. The van der Waals surface area contributed by atoms with Gasteiger partial charge in [0.1, 0.15) is 17.7 Å². The van der Waals surface area contributed by atoms with E-state index < -0.39 is 0 Å². The van der Waals surface area contributed by atoms with E-state index in [-0.39, 0.29) is 5.57 Å². The lowest BCUT2D eigenvalue weighted by molar-refractivity contribution is 0.566. The van der Waals surface area contributed by atoms with Gasteiger partial charge in [0.05, 0.1) is 0 Å². The third-order valence-corrected chi connectivity index (χ3v) is 3.59. The molecule has 0 aromatic heterocycles. The number of hydrogen-bond donors (Lipinski definition) is 0. The predicted octanol–water partition coefficient (Wildman–Crippen LogP) is 3.56. The molecule has 0 bridgehead atoms. The summed E-state index contributed by atoms with van der Waals surface area (Å²) in [4.78, 5) is 1.94. The summed E-state index contributed by atoms with van der Waals surface area (Å²) >= 11 is 0. The maximum Gasteiger partial charge on any atom is 0.138 e. The van der Waals surface area contributed by atoms with E-state index in [0.717, 1.165) is 33.0 Å². The van der Waals surface area contributed by atoms with Crippen LogP contribution >= 0.6 is 0 Å². The number of nitrogens with zero attached hydrogens (tertiary/aromatic N) is 3. The van der Waals surface area contributed by atoms with Gasteiger partial charge in [0.25, 0.3) is 0 Å². The van der Waals surface area contributed by atoms with Crippen molar-refractivity contribution in [1.29, 1.82) is 10.5 Å². The molecule has 2 aromatic rings. The molecule has 3 nitrogen and oxygen atoms in total. The molecule has 0 N–H and O–H groups in total. The predicted molar refractivity (Wildman–Crippen MR) is 83.8 cm³/mol. The summed E-state index contributed by atoms with van der Waals surface area (Å²) in [6.07, 6.45) is 1.97. The van der Waals surface area contributed by atoms with Gasteiger partial charge in [-0.05, 0) is 21.9 Å². The van der Waals surface area contributed by atoms with Crippen LogP contribution in [0.1, 0.15) is 11.1 Å². The zero-order valence-electron chi connectivity index (χ0n) is 11.9. The average Bonchev–Trinajstić information content (AvgIpc) is 2.78. The molecular weight excluding hydrogens is 258 g/mol. The van der Waals surface area contributed by atoms with Crippen molar-refractivity contribution in [3.8, 4) is 12.1 Å². The highest BCUT2D eigenvalue weighted by atomic mass is 15.0. The van der Waals surface area contributed by atoms with Crippen molar-refractivity contribution in [2.75, 3.05) is 14.1 Å². The van der Waals surface area contributed by atoms with Crippen molar-refractivity contribution < 1.29 is 0 Å². The second kappa shape index (κ2) is 4.81. The van der Waals surface area contributed by atoms with Gasteiger partial charge in [-0.15, -0.1) is 0 Å². The van der Waals surface area contributed by atoms with Gasteiger partial charge in [-0.25, -0.2) is 0 Å². The first-order chi connectivity index (χ1) is 10.2. The molecule has 100 valence electrons. The molecule has 0 unspecified atom stereocenters. The largest absolute Gasteiger partial charge is 0.383 e. The molecule has 3 rings (SSSR count). The van der Waals surface area contributed by atoms with Crippen LogP contribution in [-0.4, -0.2) is 19.0 Å². The molecule has 2 aromatic carbocycles. The van der Waals surface area contributed by atoms with Crippen LogP contribution in [0.15, 0.2) is 48.2 Å². The molecule has 0 heterocycles. The molecule has 0 radical (unpaired) electrons. The molecular formula is C18H13N3. The minimum Gasteiger partial charge on any atom is -0.383 e. The Morgan fingerprint density at radius 3 is 2.19 bits per heavy atom. The van der Waals surface area contributed by atoms with Crippen molar-refractivity contribution in [2.24, 2.45) is 0 Å². The lowest BCUT2D eigenvalue weighted by Gasteiger charge is -2.10. The van der Waals surface area contributed by atoms with Gasteiger partial charge >= 0.3 is 0 Å². The molecule has 0 fully saturated rings. The van der Waals surface area contributed by atoms with Crippen molar-refractivity contribution in [2.45, 2.75) is 0 Å². The van der Waals surface area contributed by atoms with E-state index in [1.807, 2.05) is 61.6 Å². The van der Waals surface area contributed by atoms with Gasteiger partial charge in [-0.3, -0.25) is 0 Å². The Morgan fingerprint density at radius 2 is 1.62 bits per heavy atom. The molecule has 0 saturated carbocycles. The molecule has 0 atom stereocenters. The monoisotopic (exact) mass is 271 g/mol. The lowest BCUT2D eigenvalue weighted by atomic mass is 9.99. The molecule has 0 amide bonds. The second-order valence-electron chi connectivity index (χ2n) is 5.19. The van der Waals surface area contributed by atoms with Gasteiger partial charge in [0.2, 0.25) is 0 Å². The van der Waals surface area contributed by atoms with E-state index in [4.69, 9.17) is 0 Å². The van der Waals surface area contributed by atoms with Crippen LogP contribution in [0.3, 0.4) is 0 Å². The molecule has 0 spiro atoms. The zero-order chi connectivity index (χ0) is 15.0. The Bertz CT molecular complexity index is 866. The van der Waals surface area contributed by atoms with Gasteiger partial charge in [-0.2, -0.15) is 10.5 Å². The fourth-order valence-corrected chi connectivity index (χ4v) is 2.85. The van der Waals surface area contributed by atoms with Crippen molar-refractivity contribution in [3.63, 3.8) is 0 Å². The SMILES string of the molecule is CN(C)/C=C1/C(=C(C#N)C#N)c2cccc3cccc1c23. The van der Waals surface area contributed by atoms with Gasteiger partial charge in [-0.1, -0.05) is 36.4 Å². The first-order valence-electron chi connectivity index (χ1n) is 6.63. The quantitative estimate of drug-likeness (QED) is 0.745. The van der Waals surface area contributed by atoms with E-state index in [1.165, 1.54) is 0 Å². The number of benzene rings is 2. The van der Waals surface area contributed by atoms with Crippen molar-refractivity contribution >= 4 is 21.9 Å². The molecule has 1 aliphatic carbocycles. The van der Waals surface area contributed by atoms with Crippen LogP contribution in [0.25, 0.3) is 21.9 Å². The summed E-state index contributed by atoms with van der Waals surface area (Å²) in [5.41, 5.74) is 3.88. The standard InChI is InChI=1S/C18H13N3/c1-21(2)11-16-14-7-3-5-12-6-4-8-15(17(12)14)18(16)13(9-19)10-20/h3-8,11H,1-2H3/b16-11+. The van der Waals surface area contributed by atoms with Crippen LogP contribution in [-0.2, 0) is 0 Å². The van der Waals surface area contributed by atoms with Crippen LogP contribution < -0.4 is 0 Å². The smallest absolute Gasteiger partial charge is 0.138 e. The second-order valence-corrected chi connectivity index (χ2v) is 5.19. The van der Waals surface area contributed by atoms with E-state index in [1.54, 1.807) is 0 Å². The summed E-state index contributed by atoms with van der Waals surface area (Å²) in [6, 6.07) is 16.2.